The number of carbonyl (C=O) groups is 1. The minimum atomic E-state index is -2.70. The molecular weight excluding hydrogens is 318 g/mol. The summed E-state index contributed by atoms with van der Waals surface area (Å²) in [5.41, 5.74) is 0.138. The number of alkyl halides is 2. The highest BCUT2D eigenvalue weighted by Gasteiger charge is 2.33. The van der Waals surface area contributed by atoms with Crippen LogP contribution in [0.1, 0.15) is 29.6 Å². The average Bonchev–Trinajstić information content (AvgIpc) is 2.67. The second-order valence-electron chi connectivity index (χ2n) is 5.04. The van der Waals surface area contributed by atoms with Crippen molar-refractivity contribution in [2.24, 2.45) is 0 Å². The van der Waals surface area contributed by atoms with Gasteiger partial charge in [-0.25, -0.2) is 13.6 Å². The summed E-state index contributed by atoms with van der Waals surface area (Å²) in [5.74, 6) is -2.93. The van der Waals surface area contributed by atoms with E-state index in [4.69, 9.17) is 21.1 Å². The van der Waals surface area contributed by atoms with Gasteiger partial charge in [0.25, 0.3) is 0 Å². The first-order valence-corrected chi connectivity index (χ1v) is 7.21. The molecule has 1 aromatic heterocycles. The van der Waals surface area contributed by atoms with Gasteiger partial charge >= 0.3 is 5.97 Å². The summed E-state index contributed by atoms with van der Waals surface area (Å²) in [4.78, 5) is 17.7. The van der Waals surface area contributed by atoms with E-state index in [1.54, 1.807) is 4.90 Å². The van der Waals surface area contributed by atoms with Gasteiger partial charge in [-0.15, -0.1) is 0 Å². The van der Waals surface area contributed by atoms with Gasteiger partial charge in [0.2, 0.25) is 11.8 Å². The fourth-order valence-electron chi connectivity index (χ4n) is 2.38. The van der Waals surface area contributed by atoms with Crippen molar-refractivity contribution < 1.29 is 23.0 Å². The molecular formula is C14H17ClF2N2O3. The Morgan fingerprint density at radius 3 is 2.73 bits per heavy atom. The summed E-state index contributed by atoms with van der Waals surface area (Å²) in [5, 5.41) is 0.159. The molecule has 0 spiro atoms. The summed E-state index contributed by atoms with van der Waals surface area (Å²) in [6.07, 6.45) is -0.164. The van der Waals surface area contributed by atoms with Crippen LogP contribution in [0.4, 0.5) is 14.6 Å². The van der Waals surface area contributed by atoms with E-state index in [0.717, 1.165) is 0 Å². The van der Waals surface area contributed by atoms with Crippen molar-refractivity contribution in [3.8, 4) is 5.88 Å². The number of esters is 1. The van der Waals surface area contributed by atoms with Crippen LogP contribution in [0.3, 0.4) is 0 Å². The number of halogens is 3. The summed E-state index contributed by atoms with van der Waals surface area (Å²) in [6.45, 7) is 0.464. The molecule has 0 aliphatic carbocycles. The van der Waals surface area contributed by atoms with Crippen molar-refractivity contribution in [2.45, 2.75) is 25.2 Å². The monoisotopic (exact) mass is 334 g/mol. The number of ether oxygens (including phenoxy) is 2. The maximum Gasteiger partial charge on any atom is 0.341 e. The molecule has 0 saturated carbocycles. The number of hydrogen-bond donors (Lipinski definition) is 0. The van der Waals surface area contributed by atoms with Gasteiger partial charge in [-0.05, 0) is 12.5 Å². The number of carbonyl (C=O) groups excluding carboxylic acids is 1. The Morgan fingerprint density at radius 1 is 1.36 bits per heavy atom. The second-order valence-corrected chi connectivity index (χ2v) is 5.45. The predicted molar refractivity (Wildman–Crippen MR) is 78.1 cm³/mol. The van der Waals surface area contributed by atoms with Crippen LogP contribution in [-0.4, -0.2) is 44.2 Å². The first-order chi connectivity index (χ1) is 10.4. The standard InChI is InChI=1S/C14H17ClF2N2O3/c1-21-12-10(15)8-9(13(20)22-2)11(18-12)19-6-3-4-14(16,17)5-7-19/h8H,3-7H2,1-2H3. The zero-order chi connectivity index (χ0) is 16.3. The highest BCUT2D eigenvalue weighted by Crippen LogP contribution is 2.34. The Labute approximate surface area is 132 Å². The van der Waals surface area contributed by atoms with Crippen molar-refractivity contribution in [3.63, 3.8) is 0 Å². The lowest BCUT2D eigenvalue weighted by Crippen LogP contribution is -2.28. The summed E-state index contributed by atoms with van der Waals surface area (Å²) in [7, 11) is 2.63. The van der Waals surface area contributed by atoms with Gasteiger partial charge in [-0.1, -0.05) is 11.6 Å². The smallest absolute Gasteiger partial charge is 0.341 e. The van der Waals surface area contributed by atoms with E-state index in [-0.39, 0.29) is 41.7 Å². The van der Waals surface area contributed by atoms with Crippen molar-refractivity contribution in [1.82, 2.24) is 4.98 Å². The van der Waals surface area contributed by atoms with E-state index < -0.39 is 11.9 Å². The first kappa shape index (κ1) is 16.7. The van der Waals surface area contributed by atoms with Crippen LogP contribution in [0.15, 0.2) is 6.07 Å². The van der Waals surface area contributed by atoms with Crippen LogP contribution >= 0.6 is 11.6 Å². The number of aromatic nitrogens is 1. The zero-order valence-corrected chi connectivity index (χ0v) is 13.1. The SMILES string of the molecule is COC(=O)c1cc(Cl)c(OC)nc1N1CCCC(F)(F)CC1. The molecule has 2 heterocycles. The van der Waals surface area contributed by atoms with Crippen LogP contribution in [0.2, 0.25) is 5.02 Å². The highest BCUT2D eigenvalue weighted by molar-refractivity contribution is 6.32. The Morgan fingerprint density at radius 2 is 2.09 bits per heavy atom. The lowest BCUT2D eigenvalue weighted by molar-refractivity contribution is -0.0102. The van der Waals surface area contributed by atoms with E-state index in [1.807, 2.05) is 0 Å². The maximum absolute atomic E-state index is 13.5. The molecule has 5 nitrogen and oxygen atoms in total. The Balaban J connectivity index is 2.41. The van der Waals surface area contributed by atoms with E-state index in [1.165, 1.54) is 20.3 Å². The Kier molecular flexibility index (Phi) is 5.05. The molecule has 8 heteroatoms. The van der Waals surface area contributed by atoms with Crippen LogP contribution in [0.5, 0.6) is 5.88 Å². The Hall–Kier alpha value is -1.63. The third kappa shape index (κ3) is 3.58. The first-order valence-electron chi connectivity index (χ1n) is 6.83. The molecule has 0 radical (unpaired) electrons. The zero-order valence-electron chi connectivity index (χ0n) is 12.4. The van der Waals surface area contributed by atoms with Crippen molar-refractivity contribution in [3.05, 3.63) is 16.7 Å². The third-order valence-electron chi connectivity index (χ3n) is 3.54. The largest absolute Gasteiger partial charge is 0.480 e. The maximum atomic E-state index is 13.5. The molecule has 0 unspecified atom stereocenters. The lowest BCUT2D eigenvalue weighted by Gasteiger charge is -2.24. The molecule has 0 aromatic carbocycles. The number of nitrogens with zero attached hydrogens (tertiary/aromatic N) is 2. The number of anilines is 1. The van der Waals surface area contributed by atoms with Gasteiger partial charge in [0.15, 0.2) is 0 Å². The molecule has 22 heavy (non-hydrogen) atoms. The summed E-state index contributed by atoms with van der Waals surface area (Å²) < 4.78 is 36.8. The molecule has 1 aliphatic rings. The molecule has 0 amide bonds. The molecule has 0 bridgehead atoms. The van der Waals surface area contributed by atoms with Crippen molar-refractivity contribution in [2.75, 3.05) is 32.2 Å². The molecule has 0 atom stereocenters. The minimum Gasteiger partial charge on any atom is -0.480 e. The topological polar surface area (TPSA) is 51.7 Å². The molecule has 0 N–H and O–H groups in total. The average molecular weight is 335 g/mol. The van der Waals surface area contributed by atoms with Crippen LogP contribution in [0, 0.1) is 0 Å². The quantitative estimate of drug-likeness (QED) is 0.795. The Bertz CT molecular complexity index is 569. The third-order valence-corrected chi connectivity index (χ3v) is 3.81. The van der Waals surface area contributed by atoms with Gasteiger partial charge in [-0.2, -0.15) is 4.98 Å². The van der Waals surface area contributed by atoms with Crippen molar-refractivity contribution >= 4 is 23.4 Å². The minimum absolute atomic E-state index is 0.0920. The molecule has 1 fully saturated rings. The van der Waals surface area contributed by atoms with Gasteiger partial charge in [-0.3, -0.25) is 0 Å². The molecule has 1 aliphatic heterocycles. The van der Waals surface area contributed by atoms with E-state index in [0.29, 0.717) is 13.0 Å². The van der Waals surface area contributed by atoms with E-state index in [2.05, 4.69) is 4.98 Å². The highest BCUT2D eigenvalue weighted by atomic mass is 35.5. The predicted octanol–water partition coefficient (Wildman–Crippen LogP) is 3.16. The number of rotatable bonds is 3. The number of pyridine rings is 1. The van der Waals surface area contributed by atoms with Crippen LogP contribution in [0.25, 0.3) is 0 Å². The summed E-state index contributed by atoms with van der Waals surface area (Å²) in [6, 6.07) is 1.39. The van der Waals surface area contributed by atoms with E-state index >= 15 is 0 Å². The van der Waals surface area contributed by atoms with Crippen molar-refractivity contribution in [1.29, 1.82) is 0 Å². The molecule has 1 aromatic rings. The van der Waals surface area contributed by atoms with E-state index in [9.17, 15) is 13.6 Å². The van der Waals surface area contributed by atoms with Gasteiger partial charge in [0.1, 0.15) is 16.4 Å². The number of methoxy groups -OCH3 is 2. The van der Waals surface area contributed by atoms with Gasteiger partial charge in [0.05, 0.1) is 14.2 Å². The van der Waals surface area contributed by atoms with Crippen LogP contribution < -0.4 is 9.64 Å². The van der Waals surface area contributed by atoms with Gasteiger partial charge in [0, 0.05) is 25.9 Å². The van der Waals surface area contributed by atoms with Crippen LogP contribution in [-0.2, 0) is 4.74 Å². The molecule has 1 saturated heterocycles. The fraction of sp³-hybridized carbons (Fsp3) is 0.571. The lowest BCUT2D eigenvalue weighted by atomic mass is 10.1. The number of hydrogen-bond acceptors (Lipinski definition) is 5. The van der Waals surface area contributed by atoms with Gasteiger partial charge < -0.3 is 14.4 Å². The molecule has 122 valence electrons. The second kappa shape index (κ2) is 6.64. The normalized spacial score (nSPS) is 17.8. The fourth-order valence-corrected chi connectivity index (χ4v) is 2.61. The molecule has 2 rings (SSSR count). The summed E-state index contributed by atoms with van der Waals surface area (Å²) >= 11 is 5.99.